The topological polar surface area (TPSA) is 106 Å². The molecule has 1 fully saturated rings. The molecule has 0 unspecified atom stereocenters. The Morgan fingerprint density at radius 1 is 1.31 bits per heavy atom. The number of halogens is 2. The van der Waals surface area contributed by atoms with Crippen molar-refractivity contribution in [3.8, 4) is 17.1 Å². The number of benzene rings is 1. The lowest BCUT2D eigenvalue weighted by molar-refractivity contribution is 0.102. The van der Waals surface area contributed by atoms with Gasteiger partial charge in [-0.25, -0.2) is 13.8 Å². The number of carbonyl (C=O) groups is 1. The highest BCUT2D eigenvalue weighted by molar-refractivity contribution is 7.08. The number of aromatic nitrogens is 3. The predicted octanol–water partition coefficient (Wildman–Crippen LogP) is 3.31. The molecule has 32 heavy (non-hydrogen) atoms. The molecule has 0 spiro atoms. The standard InChI is InChI=1S/C21H22F2N6O2S/c1-11-5-12(24)10-29(9-11)17-3-4-25-8-16(17)26-20(30)21-27-19(28-32-21)18-14(22)6-13(31-2)7-15(18)23/h3-4,6-8,11-12H,5,9-10,24H2,1-2H3,(H,26,30)/t11-,12+/m1/s1. The van der Waals surface area contributed by atoms with Gasteiger partial charge < -0.3 is 20.7 Å². The molecule has 8 nitrogen and oxygen atoms in total. The molecule has 0 bridgehead atoms. The predicted molar refractivity (Wildman–Crippen MR) is 118 cm³/mol. The number of rotatable bonds is 5. The Balaban J connectivity index is 1.56. The number of hydrogen-bond acceptors (Lipinski definition) is 8. The molecule has 0 aliphatic carbocycles. The fourth-order valence-electron chi connectivity index (χ4n) is 3.83. The Hall–Kier alpha value is -3.18. The third-order valence-electron chi connectivity index (χ3n) is 5.17. The van der Waals surface area contributed by atoms with Crippen LogP contribution in [0.2, 0.25) is 0 Å². The molecule has 1 amide bonds. The molecule has 1 aliphatic rings. The van der Waals surface area contributed by atoms with Gasteiger partial charge in [0.05, 0.1) is 30.2 Å². The summed E-state index contributed by atoms with van der Waals surface area (Å²) in [5.41, 5.74) is 7.04. The lowest BCUT2D eigenvalue weighted by Crippen LogP contribution is -2.46. The van der Waals surface area contributed by atoms with Gasteiger partial charge in [-0.15, -0.1) is 0 Å². The lowest BCUT2D eigenvalue weighted by atomic mass is 9.96. The highest BCUT2D eigenvalue weighted by Gasteiger charge is 2.25. The first-order valence-corrected chi connectivity index (χ1v) is 10.8. The van der Waals surface area contributed by atoms with Crippen molar-refractivity contribution >= 4 is 28.8 Å². The van der Waals surface area contributed by atoms with Gasteiger partial charge in [-0.05, 0) is 29.9 Å². The Labute approximate surface area is 187 Å². The molecular weight excluding hydrogens is 438 g/mol. The second-order valence-electron chi connectivity index (χ2n) is 7.74. The van der Waals surface area contributed by atoms with Crippen LogP contribution in [0, 0.1) is 17.6 Å². The molecule has 4 rings (SSSR count). The van der Waals surface area contributed by atoms with Gasteiger partial charge in [0.1, 0.15) is 17.4 Å². The summed E-state index contributed by atoms with van der Waals surface area (Å²) in [5.74, 6) is -2.07. The second-order valence-corrected chi connectivity index (χ2v) is 8.49. The molecule has 11 heteroatoms. The molecule has 3 aromatic rings. The number of methoxy groups -OCH3 is 1. The van der Waals surface area contributed by atoms with Crippen molar-refractivity contribution in [2.24, 2.45) is 11.7 Å². The zero-order valence-electron chi connectivity index (χ0n) is 17.5. The van der Waals surface area contributed by atoms with Crippen molar-refractivity contribution in [3.63, 3.8) is 0 Å². The smallest absolute Gasteiger partial charge is 0.286 e. The fourth-order valence-corrected chi connectivity index (χ4v) is 4.40. The summed E-state index contributed by atoms with van der Waals surface area (Å²) in [4.78, 5) is 23.1. The molecule has 2 aromatic heterocycles. The van der Waals surface area contributed by atoms with Gasteiger partial charge in [0.2, 0.25) is 5.01 Å². The monoisotopic (exact) mass is 460 g/mol. The number of piperidine rings is 1. The number of pyridine rings is 1. The van der Waals surface area contributed by atoms with Crippen LogP contribution >= 0.6 is 11.5 Å². The van der Waals surface area contributed by atoms with Crippen LogP contribution in [0.25, 0.3) is 11.4 Å². The van der Waals surface area contributed by atoms with Crippen LogP contribution in [0.1, 0.15) is 23.1 Å². The van der Waals surface area contributed by atoms with Crippen LogP contribution in [0.3, 0.4) is 0 Å². The van der Waals surface area contributed by atoms with Crippen LogP contribution in [0.15, 0.2) is 30.6 Å². The summed E-state index contributed by atoms with van der Waals surface area (Å²) in [7, 11) is 1.31. The minimum Gasteiger partial charge on any atom is -0.497 e. The van der Waals surface area contributed by atoms with Crippen molar-refractivity contribution in [1.29, 1.82) is 0 Å². The van der Waals surface area contributed by atoms with E-state index in [9.17, 15) is 13.6 Å². The van der Waals surface area contributed by atoms with E-state index in [2.05, 4.69) is 31.5 Å². The molecule has 168 valence electrons. The molecular formula is C21H22F2N6O2S. The number of nitrogens with two attached hydrogens (primary N) is 1. The number of ether oxygens (including phenoxy) is 1. The van der Waals surface area contributed by atoms with E-state index in [1.165, 1.54) is 7.11 Å². The van der Waals surface area contributed by atoms with Crippen molar-refractivity contribution in [2.75, 3.05) is 30.4 Å². The van der Waals surface area contributed by atoms with Gasteiger partial charge in [-0.1, -0.05) is 6.92 Å². The third-order valence-corrected chi connectivity index (χ3v) is 5.89. The van der Waals surface area contributed by atoms with Gasteiger partial charge in [-0.2, -0.15) is 4.37 Å². The van der Waals surface area contributed by atoms with E-state index in [0.29, 0.717) is 18.2 Å². The maximum absolute atomic E-state index is 14.3. The lowest BCUT2D eigenvalue weighted by Gasteiger charge is -2.37. The summed E-state index contributed by atoms with van der Waals surface area (Å²) >= 11 is 0.750. The van der Waals surface area contributed by atoms with Crippen molar-refractivity contribution in [3.05, 3.63) is 47.2 Å². The number of nitrogens with zero attached hydrogens (tertiary/aromatic N) is 4. The fraction of sp³-hybridized carbons (Fsp3) is 0.333. The van der Waals surface area contributed by atoms with Crippen LogP contribution in [0.5, 0.6) is 5.75 Å². The van der Waals surface area contributed by atoms with E-state index in [1.807, 2.05) is 6.07 Å². The summed E-state index contributed by atoms with van der Waals surface area (Å²) < 4.78 is 37.5. The summed E-state index contributed by atoms with van der Waals surface area (Å²) in [6.07, 6.45) is 4.13. The van der Waals surface area contributed by atoms with Gasteiger partial charge >= 0.3 is 0 Å². The highest BCUT2D eigenvalue weighted by Crippen LogP contribution is 2.31. The number of anilines is 2. The highest BCUT2D eigenvalue weighted by atomic mass is 32.1. The van der Waals surface area contributed by atoms with Gasteiger partial charge in [0, 0.05) is 37.5 Å². The number of nitrogens with one attached hydrogen (secondary N) is 1. The normalized spacial score (nSPS) is 18.5. The first-order chi connectivity index (χ1) is 15.4. The van der Waals surface area contributed by atoms with E-state index < -0.39 is 23.1 Å². The molecule has 2 atom stereocenters. The summed E-state index contributed by atoms with van der Waals surface area (Å²) in [5, 5.41) is 2.75. The largest absolute Gasteiger partial charge is 0.497 e. The maximum atomic E-state index is 14.3. The number of hydrogen-bond donors (Lipinski definition) is 2. The number of carbonyl (C=O) groups excluding carboxylic acids is 1. The van der Waals surface area contributed by atoms with E-state index in [-0.39, 0.29) is 22.6 Å². The Bertz CT molecular complexity index is 1110. The average molecular weight is 461 g/mol. The Morgan fingerprint density at radius 2 is 2.06 bits per heavy atom. The van der Waals surface area contributed by atoms with Gasteiger partial charge in [0.25, 0.3) is 5.91 Å². The molecule has 1 aliphatic heterocycles. The second kappa shape index (κ2) is 9.13. The van der Waals surface area contributed by atoms with Crippen molar-refractivity contribution in [1.82, 2.24) is 14.3 Å². The van der Waals surface area contributed by atoms with Gasteiger partial charge in [0.15, 0.2) is 5.82 Å². The van der Waals surface area contributed by atoms with E-state index >= 15 is 0 Å². The van der Waals surface area contributed by atoms with Crippen LogP contribution < -0.4 is 20.7 Å². The van der Waals surface area contributed by atoms with E-state index in [4.69, 9.17) is 10.5 Å². The first-order valence-electron chi connectivity index (χ1n) is 9.98. The summed E-state index contributed by atoms with van der Waals surface area (Å²) in [6.45, 7) is 3.60. The van der Waals surface area contributed by atoms with Crippen LogP contribution in [-0.2, 0) is 0 Å². The molecule has 3 N–H and O–H groups in total. The summed E-state index contributed by atoms with van der Waals surface area (Å²) in [6, 6.07) is 3.92. The molecule has 0 saturated carbocycles. The Morgan fingerprint density at radius 3 is 2.75 bits per heavy atom. The van der Waals surface area contributed by atoms with Crippen LogP contribution in [-0.4, -0.2) is 46.5 Å². The zero-order chi connectivity index (χ0) is 22.8. The Kier molecular flexibility index (Phi) is 6.28. The maximum Gasteiger partial charge on any atom is 0.286 e. The van der Waals surface area contributed by atoms with E-state index in [1.54, 1.807) is 12.4 Å². The zero-order valence-corrected chi connectivity index (χ0v) is 18.3. The minimum atomic E-state index is -0.878. The van der Waals surface area contributed by atoms with E-state index in [0.717, 1.165) is 42.3 Å². The van der Waals surface area contributed by atoms with Crippen molar-refractivity contribution in [2.45, 2.75) is 19.4 Å². The molecule has 3 heterocycles. The van der Waals surface area contributed by atoms with Crippen molar-refractivity contribution < 1.29 is 18.3 Å². The third kappa shape index (κ3) is 4.53. The minimum absolute atomic E-state index is 0.0341. The number of amides is 1. The van der Waals surface area contributed by atoms with Gasteiger partial charge in [-0.3, -0.25) is 9.78 Å². The SMILES string of the molecule is COc1cc(F)c(-c2nsc(C(=O)Nc3cnccc3N3C[C@H](C)C[C@H](N)C3)n2)c(F)c1. The quantitative estimate of drug-likeness (QED) is 0.602. The molecule has 0 radical (unpaired) electrons. The average Bonchev–Trinajstić information content (AvgIpc) is 3.22. The molecule has 1 saturated heterocycles. The van der Waals surface area contributed by atoms with Crippen LogP contribution in [0.4, 0.5) is 20.2 Å². The first kappa shape index (κ1) is 22.0. The molecule has 1 aromatic carbocycles.